The van der Waals surface area contributed by atoms with E-state index in [-0.39, 0.29) is 12.5 Å². The van der Waals surface area contributed by atoms with Crippen molar-refractivity contribution in [3.8, 4) is 0 Å². The van der Waals surface area contributed by atoms with Gasteiger partial charge in [-0.05, 0) is 29.7 Å². The number of aliphatic hydroxyl groups is 1. The molecule has 142 valence electrons. The van der Waals surface area contributed by atoms with Crippen LogP contribution < -0.4 is 4.90 Å². The summed E-state index contributed by atoms with van der Waals surface area (Å²) in [7, 11) is 3.71. The van der Waals surface area contributed by atoms with Crippen molar-refractivity contribution < 1.29 is 9.90 Å². The van der Waals surface area contributed by atoms with Crippen LogP contribution in [0.5, 0.6) is 0 Å². The number of rotatable bonds is 5. The van der Waals surface area contributed by atoms with E-state index in [4.69, 9.17) is 5.11 Å². The van der Waals surface area contributed by atoms with E-state index in [0.29, 0.717) is 18.1 Å². The van der Waals surface area contributed by atoms with E-state index in [1.807, 2.05) is 54.4 Å². The van der Waals surface area contributed by atoms with Gasteiger partial charge in [-0.25, -0.2) is 4.99 Å². The molecule has 0 fully saturated rings. The van der Waals surface area contributed by atoms with Gasteiger partial charge in [0.05, 0.1) is 6.61 Å². The van der Waals surface area contributed by atoms with Crippen molar-refractivity contribution in [3.05, 3.63) is 70.7 Å². The maximum Gasteiger partial charge on any atom is 0.277 e. The fourth-order valence-corrected chi connectivity index (χ4v) is 4.24. The van der Waals surface area contributed by atoms with Crippen molar-refractivity contribution in [2.75, 3.05) is 32.1 Å². The molecule has 0 unspecified atom stereocenters. The maximum atomic E-state index is 12.6. The second kappa shape index (κ2) is 7.58. The van der Waals surface area contributed by atoms with E-state index < -0.39 is 0 Å². The molecular formula is C22H21N3O2S. The smallest absolute Gasteiger partial charge is 0.277 e. The molecule has 0 radical (unpaired) electrons. The highest BCUT2D eigenvalue weighted by Crippen LogP contribution is 2.31. The van der Waals surface area contributed by atoms with Gasteiger partial charge in [-0.2, -0.15) is 0 Å². The van der Waals surface area contributed by atoms with Gasteiger partial charge < -0.3 is 10.0 Å². The molecule has 6 heteroatoms. The van der Waals surface area contributed by atoms with E-state index in [1.165, 1.54) is 0 Å². The molecule has 4 rings (SSSR count). The Kier molecular flexibility index (Phi) is 4.98. The first-order chi connectivity index (χ1) is 13.6. The van der Waals surface area contributed by atoms with Crippen LogP contribution in [0.1, 0.15) is 10.4 Å². The largest absolute Gasteiger partial charge is 0.395 e. The summed E-state index contributed by atoms with van der Waals surface area (Å²) in [5, 5.41) is 10.3. The molecule has 3 aromatic rings. The standard InChI is InChI=1S/C22H21N3O2S/c1-24(10-11-26)17-9-8-16-12-18(28-20(16)13-17)14-19-22(27)25(2)21(23-19)15-6-4-3-5-7-15/h3-9,12-14,26H,10-11H2,1-2H3/b19-14+. The molecule has 0 saturated heterocycles. The summed E-state index contributed by atoms with van der Waals surface area (Å²) in [4.78, 5) is 21.8. The topological polar surface area (TPSA) is 56.1 Å². The third-order valence-electron chi connectivity index (χ3n) is 4.78. The Bertz CT molecular complexity index is 1090. The SMILES string of the molecule is CN1C(=O)/C(=C\c2cc3ccc(N(C)CCO)cc3s2)N=C1c1ccccc1. The molecule has 1 N–H and O–H groups in total. The van der Waals surface area contributed by atoms with Gasteiger partial charge >= 0.3 is 0 Å². The zero-order valence-electron chi connectivity index (χ0n) is 15.8. The highest BCUT2D eigenvalue weighted by molar-refractivity contribution is 7.19. The van der Waals surface area contributed by atoms with Gasteiger partial charge in [0.2, 0.25) is 0 Å². The molecule has 28 heavy (non-hydrogen) atoms. The van der Waals surface area contributed by atoms with Gasteiger partial charge in [0.1, 0.15) is 11.5 Å². The summed E-state index contributed by atoms with van der Waals surface area (Å²) >= 11 is 1.63. The monoisotopic (exact) mass is 391 g/mol. The fraction of sp³-hybridized carbons (Fsp3) is 0.182. The van der Waals surface area contributed by atoms with Crippen LogP contribution in [0, 0.1) is 0 Å². The van der Waals surface area contributed by atoms with Crippen LogP contribution >= 0.6 is 11.3 Å². The molecule has 1 aliphatic heterocycles. The molecule has 0 atom stereocenters. The number of amidine groups is 1. The number of thiophene rings is 1. The molecule has 0 saturated carbocycles. The first kappa shape index (κ1) is 18.4. The quantitative estimate of drug-likeness (QED) is 0.676. The number of fused-ring (bicyclic) bond motifs is 1. The van der Waals surface area contributed by atoms with Crippen molar-refractivity contribution >= 4 is 44.9 Å². The van der Waals surface area contributed by atoms with Crippen molar-refractivity contribution in [2.24, 2.45) is 4.99 Å². The lowest BCUT2D eigenvalue weighted by Gasteiger charge is -2.17. The van der Waals surface area contributed by atoms with Gasteiger partial charge in [0.25, 0.3) is 5.91 Å². The highest BCUT2D eigenvalue weighted by atomic mass is 32.1. The van der Waals surface area contributed by atoms with Crippen molar-refractivity contribution in [3.63, 3.8) is 0 Å². The summed E-state index contributed by atoms with van der Waals surface area (Å²) < 4.78 is 1.14. The normalized spacial score (nSPS) is 15.5. The Morgan fingerprint density at radius 2 is 1.96 bits per heavy atom. The number of amides is 1. The Morgan fingerprint density at radius 1 is 1.18 bits per heavy atom. The number of aliphatic hydroxyl groups excluding tert-OH is 1. The number of anilines is 1. The number of hydrogen-bond acceptors (Lipinski definition) is 5. The van der Waals surface area contributed by atoms with Crippen LogP contribution in [0.4, 0.5) is 5.69 Å². The van der Waals surface area contributed by atoms with Gasteiger partial charge in [0.15, 0.2) is 0 Å². The molecule has 2 heterocycles. The summed E-state index contributed by atoms with van der Waals surface area (Å²) in [6.07, 6.45) is 1.86. The zero-order chi connectivity index (χ0) is 19.7. The highest BCUT2D eigenvalue weighted by Gasteiger charge is 2.27. The predicted molar refractivity (Wildman–Crippen MR) is 116 cm³/mol. The number of aliphatic imine (C=N–C) groups is 1. The van der Waals surface area contributed by atoms with Crippen LogP contribution in [0.2, 0.25) is 0 Å². The number of likely N-dealkylation sites (N-methyl/N-ethyl adjacent to an activating group) is 2. The lowest BCUT2D eigenvalue weighted by molar-refractivity contribution is -0.121. The van der Waals surface area contributed by atoms with Gasteiger partial charge in [-0.15, -0.1) is 11.3 Å². The van der Waals surface area contributed by atoms with E-state index >= 15 is 0 Å². The first-order valence-corrected chi connectivity index (χ1v) is 9.88. The van der Waals surface area contributed by atoms with Crippen LogP contribution in [0.3, 0.4) is 0 Å². The van der Waals surface area contributed by atoms with Crippen LogP contribution in [-0.2, 0) is 4.79 Å². The lowest BCUT2D eigenvalue weighted by atomic mass is 10.2. The summed E-state index contributed by atoms with van der Waals surface area (Å²) in [5.41, 5.74) is 2.43. The van der Waals surface area contributed by atoms with E-state index in [1.54, 1.807) is 23.3 Å². The second-order valence-corrected chi connectivity index (χ2v) is 7.83. The number of carbonyl (C=O) groups is 1. The first-order valence-electron chi connectivity index (χ1n) is 9.06. The minimum absolute atomic E-state index is 0.0975. The van der Waals surface area contributed by atoms with E-state index in [9.17, 15) is 4.79 Å². The molecule has 1 aromatic heterocycles. The van der Waals surface area contributed by atoms with Crippen molar-refractivity contribution in [1.29, 1.82) is 0 Å². The number of nitrogens with zero attached hydrogens (tertiary/aromatic N) is 3. The van der Waals surface area contributed by atoms with E-state index in [2.05, 4.69) is 23.2 Å². The van der Waals surface area contributed by atoms with Gasteiger partial charge in [-0.3, -0.25) is 9.69 Å². The predicted octanol–water partition coefficient (Wildman–Crippen LogP) is 3.59. The Morgan fingerprint density at radius 3 is 2.71 bits per heavy atom. The molecule has 0 aliphatic carbocycles. The Labute approximate surface area is 167 Å². The van der Waals surface area contributed by atoms with Crippen molar-refractivity contribution in [1.82, 2.24) is 4.90 Å². The Hall–Kier alpha value is -2.96. The molecular weight excluding hydrogens is 370 g/mol. The summed E-state index contributed by atoms with van der Waals surface area (Å²) in [6.45, 7) is 0.708. The lowest BCUT2D eigenvalue weighted by Crippen LogP contribution is -2.28. The molecule has 0 spiro atoms. The average molecular weight is 391 g/mol. The molecule has 2 aromatic carbocycles. The van der Waals surface area contributed by atoms with Crippen molar-refractivity contribution in [2.45, 2.75) is 0 Å². The number of hydrogen-bond donors (Lipinski definition) is 1. The fourth-order valence-electron chi connectivity index (χ4n) is 3.21. The molecule has 5 nitrogen and oxygen atoms in total. The molecule has 1 aliphatic rings. The summed E-state index contributed by atoms with van der Waals surface area (Å²) in [6, 6.07) is 18.0. The third kappa shape index (κ3) is 3.44. The second-order valence-electron chi connectivity index (χ2n) is 6.71. The molecule has 0 bridgehead atoms. The Balaban J connectivity index is 1.67. The van der Waals surface area contributed by atoms with Crippen LogP contribution in [0.25, 0.3) is 16.2 Å². The average Bonchev–Trinajstić information content (AvgIpc) is 3.24. The zero-order valence-corrected chi connectivity index (χ0v) is 16.6. The minimum atomic E-state index is -0.0975. The van der Waals surface area contributed by atoms with E-state index in [0.717, 1.165) is 26.2 Å². The maximum absolute atomic E-state index is 12.6. The molecule has 1 amide bonds. The number of benzene rings is 2. The van der Waals surface area contributed by atoms with Crippen LogP contribution in [0.15, 0.2) is 65.3 Å². The third-order valence-corrected chi connectivity index (χ3v) is 5.82. The summed E-state index contributed by atoms with van der Waals surface area (Å²) in [5.74, 6) is 0.575. The minimum Gasteiger partial charge on any atom is -0.395 e. The number of carbonyl (C=O) groups excluding carboxylic acids is 1. The van der Waals surface area contributed by atoms with Crippen LogP contribution in [-0.4, -0.2) is 49.0 Å². The van der Waals surface area contributed by atoms with Gasteiger partial charge in [-0.1, -0.05) is 36.4 Å². The van der Waals surface area contributed by atoms with Gasteiger partial charge in [0, 0.05) is 41.5 Å².